The number of carbonyl (C=O) groups excluding carboxylic acids is 1. The predicted octanol–water partition coefficient (Wildman–Crippen LogP) is 3.07. The van der Waals surface area contributed by atoms with Crippen LogP contribution >= 0.6 is 0 Å². The number of anilines is 1. The van der Waals surface area contributed by atoms with Gasteiger partial charge < -0.3 is 15.7 Å². The minimum atomic E-state index is -0.767. The van der Waals surface area contributed by atoms with Gasteiger partial charge in [0.1, 0.15) is 0 Å². The van der Waals surface area contributed by atoms with Crippen LogP contribution in [0.3, 0.4) is 0 Å². The van der Waals surface area contributed by atoms with Crippen LogP contribution in [0, 0.1) is 19.8 Å². The lowest BCUT2D eigenvalue weighted by Crippen LogP contribution is -2.42. The summed E-state index contributed by atoms with van der Waals surface area (Å²) in [6, 6.07) is 5.52. The van der Waals surface area contributed by atoms with E-state index < -0.39 is 5.97 Å². The summed E-state index contributed by atoms with van der Waals surface area (Å²) >= 11 is 0. The number of carboxylic acid groups (broad SMARTS) is 1. The summed E-state index contributed by atoms with van der Waals surface area (Å²) in [6.07, 6.45) is 2.89. The van der Waals surface area contributed by atoms with Crippen molar-refractivity contribution < 1.29 is 14.7 Å². The van der Waals surface area contributed by atoms with Crippen LogP contribution in [0.5, 0.6) is 0 Å². The second-order valence-electron chi connectivity index (χ2n) is 5.76. The summed E-state index contributed by atoms with van der Waals surface area (Å²) in [6.45, 7) is 3.90. The number of para-hydroxylation sites is 1. The summed E-state index contributed by atoms with van der Waals surface area (Å²) in [4.78, 5) is 23.1. The van der Waals surface area contributed by atoms with Gasteiger partial charge in [-0.3, -0.25) is 4.79 Å². The zero-order chi connectivity index (χ0) is 15.4. The molecule has 0 spiro atoms. The molecule has 5 nitrogen and oxygen atoms in total. The molecular formula is C16H22N2O3. The fourth-order valence-electron chi connectivity index (χ4n) is 2.89. The standard InChI is InChI=1S/C16H22N2O3/c1-10-5-3-6-11(2)14(10)18-16(21)17-13-8-4-7-12(9-13)15(19)20/h3,5-6,12-13H,4,7-9H2,1-2H3,(H,19,20)(H2,17,18,21). The molecule has 1 saturated carbocycles. The Balaban J connectivity index is 1.94. The predicted molar refractivity (Wildman–Crippen MR) is 81.5 cm³/mol. The summed E-state index contributed by atoms with van der Waals surface area (Å²) in [5.41, 5.74) is 2.84. The smallest absolute Gasteiger partial charge is 0.319 e. The van der Waals surface area contributed by atoms with Crippen LogP contribution in [0.4, 0.5) is 10.5 Å². The molecule has 0 saturated heterocycles. The lowest BCUT2D eigenvalue weighted by Gasteiger charge is -2.27. The molecule has 2 atom stereocenters. The molecule has 1 fully saturated rings. The fraction of sp³-hybridized carbons (Fsp3) is 0.500. The van der Waals surface area contributed by atoms with Gasteiger partial charge in [-0.1, -0.05) is 24.6 Å². The molecule has 0 aromatic heterocycles. The number of benzene rings is 1. The highest BCUT2D eigenvalue weighted by Crippen LogP contribution is 2.25. The van der Waals surface area contributed by atoms with Crippen molar-refractivity contribution in [3.05, 3.63) is 29.3 Å². The molecule has 21 heavy (non-hydrogen) atoms. The van der Waals surface area contributed by atoms with Crippen molar-refractivity contribution in [2.75, 3.05) is 5.32 Å². The Kier molecular flexibility index (Phi) is 4.83. The average Bonchev–Trinajstić information content (AvgIpc) is 2.43. The van der Waals surface area contributed by atoms with E-state index >= 15 is 0 Å². The molecule has 0 radical (unpaired) electrons. The molecule has 1 aliphatic carbocycles. The molecule has 5 heteroatoms. The maximum absolute atomic E-state index is 12.1. The Morgan fingerprint density at radius 3 is 2.48 bits per heavy atom. The molecule has 1 aromatic rings. The topological polar surface area (TPSA) is 78.4 Å². The number of amides is 2. The molecule has 1 aromatic carbocycles. The van der Waals surface area contributed by atoms with Gasteiger partial charge in [0.25, 0.3) is 0 Å². The van der Waals surface area contributed by atoms with Crippen LogP contribution in [0.25, 0.3) is 0 Å². The minimum absolute atomic E-state index is 0.0656. The number of carbonyl (C=O) groups is 2. The van der Waals surface area contributed by atoms with Gasteiger partial charge in [0, 0.05) is 11.7 Å². The number of urea groups is 1. The summed E-state index contributed by atoms with van der Waals surface area (Å²) in [7, 11) is 0. The van der Waals surface area contributed by atoms with E-state index in [1.807, 2.05) is 32.0 Å². The van der Waals surface area contributed by atoms with Crippen LogP contribution in [0.1, 0.15) is 36.8 Å². The van der Waals surface area contributed by atoms with E-state index in [4.69, 9.17) is 5.11 Å². The number of hydrogen-bond donors (Lipinski definition) is 3. The van der Waals surface area contributed by atoms with Crippen LogP contribution in [0.2, 0.25) is 0 Å². The van der Waals surface area contributed by atoms with Crippen molar-refractivity contribution >= 4 is 17.7 Å². The molecule has 0 heterocycles. The highest BCUT2D eigenvalue weighted by atomic mass is 16.4. The van der Waals surface area contributed by atoms with E-state index in [1.165, 1.54) is 0 Å². The van der Waals surface area contributed by atoms with Crippen molar-refractivity contribution in [3.63, 3.8) is 0 Å². The van der Waals surface area contributed by atoms with E-state index in [-0.39, 0.29) is 18.0 Å². The average molecular weight is 290 g/mol. The van der Waals surface area contributed by atoms with Crippen LogP contribution in [-0.2, 0) is 4.79 Å². The Bertz CT molecular complexity index is 522. The largest absolute Gasteiger partial charge is 0.481 e. The molecule has 3 N–H and O–H groups in total. The second kappa shape index (κ2) is 6.61. The van der Waals surface area contributed by atoms with Gasteiger partial charge in [-0.25, -0.2) is 4.79 Å². The Morgan fingerprint density at radius 1 is 1.19 bits per heavy atom. The van der Waals surface area contributed by atoms with Crippen molar-refractivity contribution in [1.82, 2.24) is 5.32 Å². The van der Waals surface area contributed by atoms with Crippen molar-refractivity contribution in [2.45, 2.75) is 45.6 Å². The molecule has 0 bridgehead atoms. The van der Waals surface area contributed by atoms with Gasteiger partial charge in [-0.15, -0.1) is 0 Å². The monoisotopic (exact) mass is 290 g/mol. The Morgan fingerprint density at radius 2 is 1.86 bits per heavy atom. The third-order valence-electron chi connectivity index (χ3n) is 4.08. The summed E-state index contributed by atoms with van der Waals surface area (Å²) in [5, 5.41) is 14.8. The highest BCUT2D eigenvalue weighted by molar-refractivity contribution is 5.91. The molecule has 1 aliphatic rings. The number of carboxylic acids is 1. The first-order valence-electron chi connectivity index (χ1n) is 7.34. The summed E-state index contributed by atoms with van der Waals surface area (Å²) < 4.78 is 0. The van der Waals surface area contributed by atoms with Gasteiger partial charge in [0.15, 0.2) is 0 Å². The molecule has 114 valence electrons. The van der Waals surface area contributed by atoms with E-state index in [0.717, 1.165) is 29.7 Å². The highest BCUT2D eigenvalue weighted by Gasteiger charge is 2.27. The van der Waals surface area contributed by atoms with E-state index in [2.05, 4.69) is 10.6 Å². The Hall–Kier alpha value is -2.04. The quantitative estimate of drug-likeness (QED) is 0.800. The number of rotatable bonds is 3. The maximum atomic E-state index is 12.1. The van der Waals surface area contributed by atoms with Gasteiger partial charge >= 0.3 is 12.0 Å². The van der Waals surface area contributed by atoms with Crippen molar-refractivity contribution in [1.29, 1.82) is 0 Å². The molecule has 0 aliphatic heterocycles. The number of aliphatic carboxylic acids is 1. The van der Waals surface area contributed by atoms with E-state index in [9.17, 15) is 9.59 Å². The fourth-order valence-corrected chi connectivity index (χ4v) is 2.89. The van der Waals surface area contributed by atoms with Gasteiger partial charge in [0.2, 0.25) is 0 Å². The lowest BCUT2D eigenvalue weighted by atomic mass is 9.86. The van der Waals surface area contributed by atoms with E-state index in [0.29, 0.717) is 12.8 Å². The minimum Gasteiger partial charge on any atom is -0.481 e. The second-order valence-corrected chi connectivity index (χ2v) is 5.76. The molecular weight excluding hydrogens is 268 g/mol. The SMILES string of the molecule is Cc1cccc(C)c1NC(=O)NC1CCCC(C(=O)O)C1. The number of nitrogens with one attached hydrogen (secondary N) is 2. The number of hydrogen-bond acceptors (Lipinski definition) is 2. The maximum Gasteiger partial charge on any atom is 0.319 e. The van der Waals surface area contributed by atoms with Gasteiger partial charge in [-0.05, 0) is 44.2 Å². The molecule has 2 unspecified atom stereocenters. The first-order chi connectivity index (χ1) is 9.97. The van der Waals surface area contributed by atoms with Crippen molar-refractivity contribution in [3.8, 4) is 0 Å². The zero-order valence-electron chi connectivity index (χ0n) is 12.5. The van der Waals surface area contributed by atoms with E-state index in [1.54, 1.807) is 0 Å². The normalized spacial score (nSPS) is 21.6. The summed E-state index contributed by atoms with van der Waals surface area (Å²) in [5.74, 6) is -1.11. The lowest BCUT2D eigenvalue weighted by molar-refractivity contribution is -0.143. The first-order valence-corrected chi connectivity index (χ1v) is 7.34. The van der Waals surface area contributed by atoms with Crippen LogP contribution in [-0.4, -0.2) is 23.1 Å². The third kappa shape index (κ3) is 3.97. The van der Waals surface area contributed by atoms with Gasteiger partial charge in [0.05, 0.1) is 5.92 Å². The first kappa shape index (κ1) is 15.4. The number of aryl methyl sites for hydroxylation is 2. The van der Waals surface area contributed by atoms with Crippen LogP contribution < -0.4 is 10.6 Å². The molecule has 2 amide bonds. The van der Waals surface area contributed by atoms with Crippen molar-refractivity contribution in [2.24, 2.45) is 5.92 Å². The third-order valence-corrected chi connectivity index (χ3v) is 4.08. The molecule has 2 rings (SSSR count). The van der Waals surface area contributed by atoms with Gasteiger partial charge in [-0.2, -0.15) is 0 Å². The Labute approximate surface area is 124 Å². The zero-order valence-corrected chi connectivity index (χ0v) is 12.5. The van der Waals surface area contributed by atoms with Crippen LogP contribution in [0.15, 0.2) is 18.2 Å².